The largest absolute Gasteiger partial charge is 0.469 e. The Morgan fingerprint density at radius 3 is 2.56 bits per heavy atom. The van der Waals surface area contributed by atoms with Gasteiger partial charge in [0, 0.05) is 7.11 Å². The summed E-state index contributed by atoms with van der Waals surface area (Å²) in [5.41, 5.74) is 0. The fourth-order valence-electron chi connectivity index (χ4n) is 0.309. The van der Waals surface area contributed by atoms with Gasteiger partial charge in [0.1, 0.15) is 0 Å². The van der Waals surface area contributed by atoms with E-state index in [-0.39, 0.29) is 6.42 Å². The third kappa shape index (κ3) is 3.93. The fourth-order valence-corrected chi connectivity index (χ4v) is 0.309. The van der Waals surface area contributed by atoms with Gasteiger partial charge in [-0.15, -0.1) is 0 Å². The number of esters is 1. The molecule has 0 saturated heterocycles. The second-order valence-corrected chi connectivity index (χ2v) is 1.47. The summed E-state index contributed by atoms with van der Waals surface area (Å²) >= 11 is 0. The standard InChI is InChI=1S/C5H10O4/c1-8-4(6)3-5(7)9-2/h4,6H,3H2,1-2H3/t4-/m1/s1. The number of rotatable bonds is 3. The van der Waals surface area contributed by atoms with E-state index in [0.29, 0.717) is 0 Å². The second-order valence-electron chi connectivity index (χ2n) is 1.47. The lowest BCUT2D eigenvalue weighted by molar-refractivity contribution is -0.152. The molecule has 0 aliphatic carbocycles. The van der Waals surface area contributed by atoms with Gasteiger partial charge in [-0.3, -0.25) is 4.79 Å². The maximum Gasteiger partial charge on any atom is 0.310 e. The SMILES string of the molecule is COC(=O)C[C@H](O)OC. The van der Waals surface area contributed by atoms with Gasteiger partial charge in [0.2, 0.25) is 0 Å². The Hall–Kier alpha value is -0.610. The average molecular weight is 134 g/mol. The van der Waals surface area contributed by atoms with E-state index in [1.165, 1.54) is 14.2 Å². The van der Waals surface area contributed by atoms with Gasteiger partial charge >= 0.3 is 5.97 Å². The molecule has 9 heavy (non-hydrogen) atoms. The summed E-state index contributed by atoms with van der Waals surface area (Å²) in [6.45, 7) is 0. The zero-order chi connectivity index (χ0) is 7.28. The maximum atomic E-state index is 10.3. The average Bonchev–Trinajstić information content (AvgIpc) is 1.87. The van der Waals surface area contributed by atoms with E-state index >= 15 is 0 Å². The zero-order valence-electron chi connectivity index (χ0n) is 5.46. The van der Waals surface area contributed by atoms with Crippen molar-refractivity contribution in [2.75, 3.05) is 14.2 Å². The molecule has 0 radical (unpaired) electrons. The second kappa shape index (κ2) is 4.29. The number of aliphatic hydroxyl groups excluding tert-OH is 1. The number of hydrogen-bond acceptors (Lipinski definition) is 4. The number of ether oxygens (including phenoxy) is 2. The van der Waals surface area contributed by atoms with Crippen LogP contribution in [0, 0.1) is 0 Å². The minimum atomic E-state index is -1.04. The molecule has 0 amide bonds. The highest BCUT2D eigenvalue weighted by molar-refractivity contribution is 5.69. The third-order valence-electron chi connectivity index (χ3n) is 0.841. The number of aliphatic hydroxyl groups is 1. The van der Waals surface area contributed by atoms with E-state index in [4.69, 9.17) is 5.11 Å². The molecule has 0 unspecified atom stereocenters. The van der Waals surface area contributed by atoms with Crippen molar-refractivity contribution in [3.05, 3.63) is 0 Å². The zero-order valence-corrected chi connectivity index (χ0v) is 5.46. The summed E-state index contributed by atoms with van der Waals surface area (Å²) in [4.78, 5) is 10.3. The number of methoxy groups -OCH3 is 2. The van der Waals surface area contributed by atoms with Gasteiger partial charge in [-0.05, 0) is 0 Å². The van der Waals surface area contributed by atoms with Gasteiger partial charge < -0.3 is 14.6 Å². The number of hydrogen-bond donors (Lipinski definition) is 1. The first-order valence-electron chi connectivity index (χ1n) is 2.48. The quantitative estimate of drug-likeness (QED) is 0.418. The summed E-state index contributed by atoms with van der Waals surface area (Å²) < 4.78 is 8.62. The molecule has 0 aliphatic heterocycles. The highest BCUT2D eigenvalue weighted by Crippen LogP contribution is 1.92. The smallest absolute Gasteiger partial charge is 0.310 e. The summed E-state index contributed by atoms with van der Waals surface area (Å²) in [5, 5.41) is 8.64. The summed E-state index contributed by atoms with van der Waals surface area (Å²) in [6.07, 6.45) is -1.16. The van der Waals surface area contributed by atoms with Crippen LogP contribution in [0.2, 0.25) is 0 Å². The molecule has 1 atom stereocenters. The Kier molecular flexibility index (Phi) is 4.00. The first kappa shape index (κ1) is 8.39. The van der Waals surface area contributed by atoms with E-state index in [0.717, 1.165) is 0 Å². The van der Waals surface area contributed by atoms with Crippen molar-refractivity contribution in [2.45, 2.75) is 12.7 Å². The molecule has 0 aliphatic rings. The third-order valence-corrected chi connectivity index (χ3v) is 0.841. The van der Waals surface area contributed by atoms with Gasteiger partial charge in [-0.1, -0.05) is 0 Å². The lowest BCUT2D eigenvalue weighted by atomic mass is 10.4. The minimum Gasteiger partial charge on any atom is -0.469 e. The molecule has 0 spiro atoms. The highest BCUT2D eigenvalue weighted by atomic mass is 16.6. The van der Waals surface area contributed by atoms with Crippen LogP contribution in [0.1, 0.15) is 6.42 Å². The molecule has 4 heteroatoms. The molecule has 0 saturated carbocycles. The lowest BCUT2D eigenvalue weighted by Crippen LogP contribution is -2.15. The molecule has 0 rings (SSSR count). The molecule has 1 N–H and O–H groups in total. The Balaban J connectivity index is 3.34. The Labute approximate surface area is 53.4 Å². The van der Waals surface area contributed by atoms with Crippen LogP contribution in [0.15, 0.2) is 0 Å². The van der Waals surface area contributed by atoms with E-state index in [1.807, 2.05) is 0 Å². The normalized spacial score (nSPS) is 12.8. The van der Waals surface area contributed by atoms with Crippen LogP contribution in [0.5, 0.6) is 0 Å². The number of carbonyl (C=O) groups is 1. The van der Waals surface area contributed by atoms with Crippen LogP contribution in [0.3, 0.4) is 0 Å². The van der Waals surface area contributed by atoms with E-state index in [1.54, 1.807) is 0 Å². The van der Waals surface area contributed by atoms with Crippen molar-refractivity contribution in [3.63, 3.8) is 0 Å². The Morgan fingerprint density at radius 2 is 2.22 bits per heavy atom. The molecule has 54 valence electrons. The summed E-state index contributed by atoms with van der Waals surface area (Å²) in [7, 11) is 2.57. The van der Waals surface area contributed by atoms with Gasteiger partial charge in [0.05, 0.1) is 13.5 Å². The molecule has 0 heterocycles. The van der Waals surface area contributed by atoms with Gasteiger partial charge in [-0.25, -0.2) is 0 Å². The van der Waals surface area contributed by atoms with Crippen molar-refractivity contribution in [2.24, 2.45) is 0 Å². The summed E-state index contributed by atoms with van der Waals surface area (Å²) in [6, 6.07) is 0. The molecule has 0 aromatic carbocycles. The van der Waals surface area contributed by atoms with Crippen LogP contribution >= 0.6 is 0 Å². The predicted molar refractivity (Wildman–Crippen MR) is 29.6 cm³/mol. The summed E-state index contributed by atoms with van der Waals surface area (Å²) in [5.74, 6) is -0.482. The minimum absolute atomic E-state index is 0.118. The predicted octanol–water partition coefficient (Wildman–Crippen LogP) is -0.486. The molecule has 0 aromatic rings. The van der Waals surface area contributed by atoms with Gasteiger partial charge in [0.25, 0.3) is 0 Å². The Bertz CT molecular complexity index is 91.0. The van der Waals surface area contributed by atoms with Crippen LogP contribution in [0.25, 0.3) is 0 Å². The Morgan fingerprint density at radius 1 is 1.67 bits per heavy atom. The number of carbonyl (C=O) groups excluding carboxylic acids is 1. The molecule has 0 fully saturated rings. The van der Waals surface area contributed by atoms with E-state index < -0.39 is 12.3 Å². The molecule has 0 aromatic heterocycles. The topological polar surface area (TPSA) is 55.8 Å². The van der Waals surface area contributed by atoms with Crippen molar-refractivity contribution >= 4 is 5.97 Å². The first-order valence-corrected chi connectivity index (χ1v) is 2.48. The van der Waals surface area contributed by atoms with Crippen LogP contribution in [0.4, 0.5) is 0 Å². The fraction of sp³-hybridized carbons (Fsp3) is 0.800. The monoisotopic (exact) mass is 134 g/mol. The van der Waals surface area contributed by atoms with Crippen LogP contribution < -0.4 is 0 Å². The van der Waals surface area contributed by atoms with Crippen molar-refractivity contribution < 1.29 is 19.4 Å². The molecule has 4 nitrogen and oxygen atoms in total. The molecule has 0 bridgehead atoms. The van der Waals surface area contributed by atoms with Crippen LogP contribution in [-0.4, -0.2) is 31.6 Å². The maximum absolute atomic E-state index is 10.3. The highest BCUT2D eigenvalue weighted by Gasteiger charge is 2.07. The van der Waals surface area contributed by atoms with Gasteiger partial charge in [0.15, 0.2) is 6.29 Å². The van der Waals surface area contributed by atoms with Gasteiger partial charge in [-0.2, -0.15) is 0 Å². The van der Waals surface area contributed by atoms with Crippen LogP contribution in [-0.2, 0) is 14.3 Å². The van der Waals surface area contributed by atoms with Crippen molar-refractivity contribution in [1.29, 1.82) is 0 Å². The van der Waals surface area contributed by atoms with Crippen molar-refractivity contribution in [3.8, 4) is 0 Å². The first-order chi connectivity index (χ1) is 4.20. The van der Waals surface area contributed by atoms with Crippen molar-refractivity contribution in [1.82, 2.24) is 0 Å². The molecular weight excluding hydrogens is 124 g/mol. The van der Waals surface area contributed by atoms with E-state index in [9.17, 15) is 4.79 Å². The van der Waals surface area contributed by atoms with E-state index in [2.05, 4.69) is 9.47 Å². The molecular formula is C5H10O4. The lowest BCUT2D eigenvalue weighted by Gasteiger charge is -2.04.